The van der Waals surface area contributed by atoms with E-state index >= 15 is 0 Å². The van der Waals surface area contributed by atoms with Crippen LogP contribution in [0, 0.1) is 0 Å². The minimum Gasteiger partial charge on any atom is -0.392 e. The summed E-state index contributed by atoms with van der Waals surface area (Å²) >= 11 is 0. The third kappa shape index (κ3) is 3.90. The third-order valence-electron chi connectivity index (χ3n) is 3.23. The lowest BCUT2D eigenvalue weighted by molar-refractivity contribution is 0.280. The molecule has 0 unspecified atom stereocenters. The minimum absolute atomic E-state index is 0.167. The van der Waals surface area contributed by atoms with Crippen molar-refractivity contribution in [2.24, 2.45) is 0 Å². The average Bonchev–Trinajstić information content (AvgIpc) is 2.99. The zero-order valence-corrected chi connectivity index (χ0v) is 12.7. The van der Waals surface area contributed by atoms with Crippen LogP contribution >= 0.6 is 0 Å². The number of hydrogen-bond acceptors (Lipinski definition) is 4. The van der Waals surface area contributed by atoms with Gasteiger partial charge in [-0.05, 0) is 35.7 Å². The second-order valence-electron chi connectivity index (χ2n) is 4.61. The Labute approximate surface area is 124 Å². The molecule has 2 rings (SSSR count). The van der Waals surface area contributed by atoms with Crippen LogP contribution in [0.15, 0.2) is 41.6 Å². The lowest BCUT2D eigenvalue weighted by Crippen LogP contribution is -2.27. The van der Waals surface area contributed by atoms with Gasteiger partial charge in [0.2, 0.25) is 10.0 Å². The number of hydrogen-bond donors (Lipinski definition) is 2. The van der Waals surface area contributed by atoms with Crippen LogP contribution in [0.5, 0.6) is 0 Å². The summed E-state index contributed by atoms with van der Waals surface area (Å²) in [6, 6.07) is 6.61. The monoisotopic (exact) mass is 309 g/mol. The largest absolute Gasteiger partial charge is 0.392 e. The van der Waals surface area contributed by atoms with Crippen molar-refractivity contribution in [3.05, 3.63) is 47.8 Å². The molecule has 0 bridgehead atoms. The zero-order valence-electron chi connectivity index (χ0n) is 11.9. The molecule has 2 N–H and O–H groups in total. The van der Waals surface area contributed by atoms with E-state index in [0.29, 0.717) is 12.1 Å². The van der Waals surface area contributed by atoms with Crippen LogP contribution in [0.3, 0.4) is 0 Å². The fraction of sp³-hybridized carbons (Fsp3) is 0.357. The maximum absolute atomic E-state index is 12.2. The van der Waals surface area contributed by atoms with E-state index in [0.717, 1.165) is 12.0 Å². The third-order valence-corrected chi connectivity index (χ3v) is 4.69. The van der Waals surface area contributed by atoms with Gasteiger partial charge in [0.05, 0.1) is 18.0 Å². The van der Waals surface area contributed by atoms with Crippen molar-refractivity contribution < 1.29 is 13.5 Å². The van der Waals surface area contributed by atoms with Crippen molar-refractivity contribution >= 4 is 10.0 Å². The molecule has 0 radical (unpaired) electrons. The average molecular weight is 309 g/mol. The molecule has 0 aliphatic rings. The summed E-state index contributed by atoms with van der Waals surface area (Å²) in [4.78, 5) is 0.171. The molecule has 114 valence electrons. The van der Waals surface area contributed by atoms with E-state index in [2.05, 4.69) is 9.82 Å². The maximum Gasteiger partial charge on any atom is 0.240 e. The summed E-state index contributed by atoms with van der Waals surface area (Å²) < 4.78 is 28.6. The topological polar surface area (TPSA) is 84.2 Å². The van der Waals surface area contributed by atoms with Crippen molar-refractivity contribution in [1.29, 1.82) is 0 Å². The van der Waals surface area contributed by atoms with Gasteiger partial charge in [-0.15, -0.1) is 0 Å². The molecule has 0 spiro atoms. The number of aromatic nitrogens is 2. The Balaban J connectivity index is 2.08. The number of benzene rings is 1. The highest BCUT2D eigenvalue weighted by atomic mass is 32.2. The Bertz CT molecular complexity index is 681. The predicted molar refractivity (Wildman–Crippen MR) is 79.2 cm³/mol. The minimum atomic E-state index is -3.57. The smallest absolute Gasteiger partial charge is 0.240 e. The number of nitrogens with zero attached hydrogens (tertiary/aromatic N) is 2. The normalized spacial score (nSPS) is 11.7. The van der Waals surface area contributed by atoms with Gasteiger partial charge >= 0.3 is 0 Å². The van der Waals surface area contributed by atoms with Gasteiger partial charge in [0.1, 0.15) is 0 Å². The summed E-state index contributed by atoms with van der Waals surface area (Å²) in [5.41, 5.74) is 1.60. The van der Waals surface area contributed by atoms with E-state index in [1.165, 1.54) is 6.07 Å². The van der Waals surface area contributed by atoms with Gasteiger partial charge < -0.3 is 5.11 Å². The Morgan fingerprint density at radius 2 is 2.14 bits per heavy atom. The number of aliphatic hydroxyl groups excluding tert-OH is 1. The second kappa shape index (κ2) is 6.84. The fourth-order valence-electron chi connectivity index (χ4n) is 2.07. The summed E-state index contributed by atoms with van der Waals surface area (Å²) in [6.45, 7) is 2.52. The van der Waals surface area contributed by atoms with E-state index in [9.17, 15) is 13.5 Å². The van der Waals surface area contributed by atoms with Crippen LogP contribution in [0.4, 0.5) is 0 Å². The molecule has 2 aromatic rings. The zero-order chi connectivity index (χ0) is 15.3. The molecule has 21 heavy (non-hydrogen) atoms. The molecule has 0 saturated carbocycles. The van der Waals surface area contributed by atoms with Gasteiger partial charge in [0, 0.05) is 18.9 Å². The Morgan fingerprint density at radius 1 is 1.33 bits per heavy atom. The van der Waals surface area contributed by atoms with Gasteiger partial charge in [0.15, 0.2) is 0 Å². The molecule has 0 aliphatic carbocycles. The Morgan fingerprint density at radius 3 is 2.76 bits per heavy atom. The highest BCUT2D eigenvalue weighted by molar-refractivity contribution is 7.89. The van der Waals surface area contributed by atoms with Gasteiger partial charge in [-0.25, -0.2) is 13.1 Å². The number of nitrogens with one attached hydrogen (secondary N) is 1. The molecule has 1 heterocycles. The predicted octanol–water partition coefficient (Wildman–Crippen LogP) is 0.916. The molecule has 7 heteroatoms. The van der Waals surface area contributed by atoms with Crippen LogP contribution in [0.25, 0.3) is 0 Å². The molecule has 1 aromatic carbocycles. The number of sulfonamides is 1. The van der Waals surface area contributed by atoms with E-state index in [4.69, 9.17) is 0 Å². The van der Waals surface area contributed by atoms with Gasteiger partial charge in [-0.3, -0.25) is 4.68 Å². The molecule has 0 fully saturated rings. The van der Waals surface area contributed by atoms with Crippen LogP contribution < -0.4 is 4.72 Å². The Kier molecular flexibility index (Phi) is 5.11. The van der Waals surface area contributed by atoms with E-state index in [-0.39, 0.29) is 18.0 Å². The van der Waals surface area contributed by atoms with Crippen molar-refractivity contribution in [1.82, 2.24) is 14.5 Å². The highest BCUT2D eigenvalue weighted by Gasteiger charge is 2.15. The van der Waals surface area contributed by atoms with Gasteiger partial charge in [-0.2, -0.15) is 5.10 Å². The van der Waals surface area contributed by atoms with Crippen molar-refractivity contribution in [2.45, 2.75) is 31.4 Å². The van der Waals surface area contributed by atoms with Crippen LogP contribution in [-0.4, -0.2) is 29.8 Å². The van der Waals surface area contributed by atoms with Crippen LogP contribution in [-0.2, 0) is 29.6 Å². The Hall–Kier alpha value is -1.70. The quantitative estimate of drug-likeness (QED) is 0.796. The van der Waals surface area contributed by atoms with Crippen molar-refractivity contribution in [3.63, 3.8) is 0 Å². The molecule has 0 amide bonds. The summed E-state index contributed by atoms with van der Waals surface area (Å²) in [6.07, 6.45) is 4.17. The highest BCUT2D eigenvalue weighted by Crippen LogP contribution is 2.16. The van der Waals surface area contributed by atoms with Crippen molar-refractivity contribution in [3.8, 4) is 0 Å². The SMILES string of the molecule is CCc1ccc(S(=O)(=O)NCCn2cccn2)cc1CO. The number of aryl methyl sites for hydroxylation is 1. The fourth-order valence-corrected chi connectivity index (χ4v) is 3.14. The lowest BCUT2D eigenvalue weighted by Gasteiger charge is -2.10. The molecule has 1 aromatic heterocycles. The maximum atomic E-state index is 12.2. The molecule has 0 saturated heterocycles. The van der Waals surface area contributed by atoms with E-state index in [1.54, 1.807) is 35.3 Å². The van der Waals surface area contributed by atoms with E-state index < -0.39 is 10.0 Å². The molecule has 0 atom stereocenters. The summed E-state index contributed by atoms with van der Waals surface area (Å²) in [7, 11) is -3.57. The van der Waals surface area contributed by atoms with E-state index in [1.807, 2.05) is 6.92 Å². The van der Waals surface area contributed by atoms with Gasteiger partial charge in [0.25, 0.3) is 0 Å². The summed E-state index contributed by atoms with van der Waals surface area (Å²) in [5, 5.41) is 13.3. The summed E-state index contributed by atoms with van der Waals surface area (Å²) in [5.74, 6) is 0. The first-order valence-corrected chi connectivity index (χ1v) is 8.25. The van der Waals surface area contributed by atoms with Crippen LogP contribution in [0.2, 0.25) is 0 Å². The molecular formula is C14H19N3O3S. The first-order chi connectivity index (χ1) is 10.1. The molecule has 6 nitrogen and oxygen atoms in total. The number of rotatable bonds is 7. The molecular weight excluding hydrogens is 290 g/mol. The van der Waals surface area contributed by atoms with Crippen molar-refractivity contribution in [2.75, 3.05) is 6.54 Å². The van der Waals surface area contributed by atoms with Crippen LogP contribution in [0.1, 0.15) is 18.1 Å². The molecule has 0 aliphatic heterocycles. The lowest BCUT2D eigenvalue weighted by atomic mass is 10.1. The van der Waals surface area contributed by atoms with Gasteiger partial charge in [-0.1, -0.05) is 13.0 Å². The standard InChI is InChI=1S/C14H19N3O3S/c1-2-12-4-5-14(10-13(12)11-18)21(19,20)16-7-9-17-8-3-6-15-17/h3-6,8,10,16,18H,2,7,9,11H2,1H3. The number of aliphatic hydroxyl groups is 1. The second-order valence-corrected chi connectivity index (χ2v) is 6.38. The first-order valence-electron chi connectivity index (χ1n) is 6.76. The first kappa shape index (κ1) is 15.7.